The van der Waals surface area contributed by atoms with E-state index < -0.39 is 11.6 Å². The van der Waals surface area contributed by atoms with E-state index in [-0.39, 0.29) is 12.4 Å². The lowest BCUT2D eigenvalue weighted by Crippen LogP contribution is -2.08. The summed E-state index contributed by atoms with van der Waals surface area (Å²) in [6.07, 6.45) is 1.55. The topological polar surface area (TPSA) is 60.2 Å². The molecule has 0 saturated carbocycles. The lowest BCUT2D eigenvalue weighted by molar-refractivity contribution is 0.289. The molecule has 0 aliphatic rings. The van der Waals surface area contributed by atoms with Crippen LogP contribution in [-0.4, -0.2) is 4.98 Å². The lowest BCUT2D eigenvalue weighted by Gasteiger charge is -2.07. The first kappa shape index (κ1) is 12.3. The fourth-order valence-electron chi connectivity index (χ4n) is 1.35. The fourth-order valence-corrected chi connectivity index (χ4v) is 1.35. The lowest BCUT2D eigenvalue weighted by atomic mass is 10.3. The molecule has 0 spiro atoms. The minimum absolute atomic E-state index is 0.00238. The van der Waals surface area contributed by atoms with E-state index in [0.717, 1.165) is 17.7 Å². The maximum atomic E-state index is 13.3. The summed E-state index contributed by atoms with van der Waals surface area (Å²) in [5, 5.41) is 0. The first-order chi connectivity index (χ1) is 8.69. The van der Waals surface area contributed by atoms with Crippen molar-refractivity contribution in [1.29, 1.82) is 0 Å². The Balaban J connectivity index is 2.02. The van der Waals surface area contributed by atoms with Gasteiger partial charge in [0.2, 0.25) is 0 Å². The maximum absolute atomic E-state index is 13.3. The van der Waals surface area contributed by atoms with Gasteiger partial charge >= 0.3 is 0 Å². The number of aromatic nitrogens is 1. The van der Waals surface area contributed by atoms with Gasteiger partial charge in [-0.1, -0.05) is 6.07 Å². The van der Waals surface area contributed by atoms with Crippen molar-refractivity contribution in [3.63, 3.8) is 0 Å². The Morgan fingerprint density at radius 3 is 2.67 bits per heavy atom. The monoisotopic (exact) mass is 251 g/mol. The molecular weight excluding hydrogens is 240 g/mol. The third-order valence-electron chi connectivity index (χ3n) is 2.26. The van der Waals surface area contributed by atoms with Gasteiger partial charge in [-0.25, -0.2) is 19.6 Å². The molecule has 0 bridgehead atoms. The smallest absolute Gasteiger partial charge is 0.167 e. The molecule has 2 rings (SSSR count). The minimum atomic E-state index is -0.733. The number of ether oxygens (including phenoxy) is 1. The predicted molar refractivity (Wildman–Crippen MR) is 62.7 cm³/mol. The molecule has 18 heavy (non-hydrogen) atoms. The average molecular weight is 251 g/mol. The van der Waals surface area contributed by atoms with Crippen LogP contribution < -0.4 is 16.0 Å². The van der Waals surface area contributed by atoms with E-state index in [2.05, 4.69) is 10.4 Å². The van der Waals surface area contributed by atoms with Gasteiger partial charge in [-0.2, -0.15) is 0 Å². The van der Waals surface area contributed by atoms with E-state index in [1.165, 1.54) is 6.07 Å². The van der Waals surface area contributed by atoms with E-state index in [1.54, 1.807) is 18.3 Å². The molecule has 2 aromatic rings. The second kappa shape index (κ2) is 5.42. The number of nitrogens with two attached hydrogens (primary N) is 1. The zero-order valence-corrected chi connectivity index (χ0v) is 9.36. The largest absolute Gasteiger partial charge is 0.486 e. The summed E-state index contributed by atoms with van der Waals surface area (Å²) in [7, 11) is 0. The summed E-state index contributed by atoms with van der Waals surface area (Å²) >= 11 is 0. The van der Waals surface area contributed by atoms with Gasteiger partial charge in [0.15, 0.2) is 11.6 Å². The van der Waals surface area contributed by atoms with Crippen molar-refractivity contribution in [2.45, 2.75) is 6.61 Å². The number of nitrogens with zero attached hydrogens (tertiary/aromatic N) is 1. The minimum Gasteiger partial charge on any atom is -0.486 e. The van der Waals surface area contributed by atoms with E-state index in [1.807, 2.05) is 0 Å². The third-order valence-corrected chi connectivity index (χ3v) is 2.26. The molecule has 3 N–H and O–H groups in total. The molecule has 4 nitrogen and oxygen atoms in total. The molecule has 1 heterocycles. The quantitative estimate of drug-likeness (QED) is 0.646. The van der Waals surface area contributed by atoms with Gasteiger partial charge in [0.25, 0.3) is 0 Å². The van der Waals surface area contributed by atoms with Crippen LogP contribution in [0.15, 0.2) is 36.5 Å². The molecule has 0 aliphatic heterocycles. The van der Waals surface area contributed by atoms with Crippen LogP contribution in [0.25, 0.3) is 0 Å². The van der Waals surface area contributed by atoms with E-state index in [9.17, 15) is 8.78 Å². The van der Waals surface area contributed by atoms with Gasteiger partial charge in [0.1, 0.15) is 18.2 Å². The average Bonchev–Trinajstić information content (AvgIpc) is 2.38. The number of rotatable bonds is 4. The molecular formula is C12H11F2N3O. The Morgan fingerprint density at radius 2 is 2.06 bits per heavy atom. The predicted octanol–water partition coefficient (Wildman–Crippen LogP) is 2.22. The van der Waals surface area contributed by atoms with Crippen LogP contribution in [0, 0.1) is 11.6 Å². The van der Waals surface area contributed by atoms with Crippen LogP contribution in [-0.2, 0) is 6.61 Å². The number of hydrazine groups is 1. The summed E-state index contributed by atoms with van der Waals surface area (Å²) in [4.78, 5) is 3.98. The number of hydrogen-bond acceptors (Lipinski definition) is 4. The van der Waals surface area contributed by atoms with Crippen LogP contribution in [0.2, 0.25) is 0 Å². The summed E-state index contributed by atoms with van der Waals surface area (Å²) in [5.74, 6) is 4.32. The highest BCUT2D eigenvalue weighted by Crippen LogP contribution is 2.19. The maximum Gasteiger partial charge on any atom is 0.167 e. The second-order valence-electron chi connectivity index (χ2n) is 3.56. The molecule has 94 valence electrons. The van der Waals surface area contributed by atoms with Crippen molar-refractivity contribution >= 4 is 5.82 Å². The Labute approximate surface area is 102 Å². The summed E-state index contributed by atoms with van der Waals surface area (Å²) in [5.41, 5.74) is 3.14. The zero-order valence-electron chi connectivity index (χ0n) is 9.36. The van der Waals surface area contributed by atoms with Crippen molar-refractivity contribution in [1.82, 2.24) is 4.98 Å². The fraction of sp³-hybridized carbons (Fsp3) is 0.0833. The number of nitrogen functional groups attached to an aromatic ring is 1. The van der Waals surface area contributed by atoms with Gasteiger partial charge in [-0.15, -0.1) is 0 Å². The standard InChI is InChI=1S/C12H11F2N3O/c13-9-2-3-11(10(14)5-9)18-7-8-1-4-12(17-15)16-6-8/h1-6H,7,15H2,(H,16,17). The van der Waals surface area contributed by atoms with E-state index >= 15 is 0 Å². The Bertz CT molecular complexity index is 531. The molecule has 0 atom stereocenters. The summed E-state index contributed by atoms with van der Waals surface area (Å²) in [6.45, 7) is 0.139. The highest BCUT2D eigenvalue weighted by atomic mass is 19.1. The van der Waals surface area contributed by atoms with Crippen molar-refractivity contribution in [2.75, 3.05) is 5.43 Å². The number of halogens is 2. The van der Waals surface area contributed by atoms with Gasteiger partial charge in [-0.05, 0) is 18.2 Å². The highest BCUT2D eigenvalue weighted by molar-refractivity contribution is 5.33. The van der Waals surface area contributed by atoms with Gasteiger partial charge in [0, 0.05) is 17.8 Å². The molecule has 0 radical (unpaired) electrons. The molecule has 0 fully saturated rings. The van der Waals surface area contributed by atoms with E-state index in [4.69, 9.17) is 10.6 Å². The SMILES string of the molecule is NNc1ccc(COc2ccc(F)cc2F)cn1. The second-order valence-corrected chi connectivity index (χ2v) is 3.56. The molecule has 0 aliphatic carbocycles. The number of hydrogen-bond donors (Lipinski definition) is 2. The van der Waals surface area contributed by atoms with Gasteiger partial charge < -0.3 is 10.2 Å². The third kappa shape index (κ3) is 2.92. The first-order valence-electron chi connectivity index (χ1n) is 5.18. The molecule has 0 saturated heterocycles. The molecule has 0 unspecified atom stereocenters. The highest BCUT2D eigenvalue weighted by Gasteiger charge is 2.05. The molecule has 0 amide bonds. The van der Waals surface area contributed by atoms with Crippen molar-refractivity contribution in [3.8, 4) is 5.75 Å². The number of pyridine rings is 1. The first-order valence-corrected chi connectivity index (χ1v) is 5.18. The van der Waals surface area contributed by atoms with Crippen LogP contribution in [0.1, 0.15) is 5.56 Å². The molecule has 1 aromatic heterocycles. The number of benzene rings is 1. The number of nitrogens with one attached hydrogen (secondary N) is 1. The summed E-state index contributed by atoms with van der Waals surface area (Å²) in [6, 6.07) is 6.56. The molecule has 6 heteroatoms. The van der Waals surface area contributed by atoms with Crippen molar-refractivity contribution < 1.29 is 13.5 Å². The van der Waals surface area contributed by atoms with Crippen LogP contribution in [0.5, 0.6) is 5.75 Å². The Kier molecular flexibility index (Phi) is 3.69. The van der Waals surface area contributed by atoms with Crippen molar-refractivity contribution in [2.24, 2.45) is 5.84 Å². The normalized spacial score (nSPS) is 10.2. The van der Waals surface area contributed by atoms with Gasteiger partial charge in [-0.3, -0.25) is 0 Å². The summed E-state index contributed by atoms with van der Waals surface area (Å²) < 4.78 is 31.2. The van der Waals surface area contributed by atoms with Crippen LogP contribution in [0.3, 0.4) is 0 Å². The van der Waals surface area contributed by atoms with Crippen LogP contribution >= 0.6 is 0 Å². The zero-order chi connectivity index (χ0) is 13.0. The Hall–Kier alpha value is -2.21. The Morgan fingerprint density at radius 1 is 1.22 bits per heavy atom. The molecule has 1 aromatic carbocycles. The van der Waals surface area contributed by atoms with Gasteiger partial charge in [0.05, 0.1) is 0 Å². The number of anilines is 1. The van der Waals surface area contributed by atoms with E-state index in [0.29, 0.717) is 5.82 Å². The van der Waals surface area contributed by atoms with Crippen LogP contribution in [0.4, 0.5) is 14.6 Å². The van der Waals surface area contributed by atoms with Crippen molar-refractivity contribution in [3.05, 3.63) is 53.7 Å².